The van der Waals surface area contributed by atoms with Gasteiger partial charge in [-0.25, -0.2) is 0 Å². The van der Waals surface area contributed by atoms with Crippen LogP contribution in [0.4, 0.5) is 5.69 Å². The number of nitrogens with zero attached hydrogens (tertiary/aromatic N) is 2. The van der Waals surface area contributed by atoms with E-state index in [1.54, 1.807) is 22.9 Å². The van der Waals surface area contributed by atoms with Crippen LogP contribution in [0, 0.1) is 0 Å². The second-order valence-corrected chi connectivity index (χ2v) is 3.62. The number of nitrogens with two attached hydrogens (primary N) is 1. The fourth-order valence-corrected chi connectivity index (χ4v) is 1.29. The van der Waals surface area contributed by atoms with E-state index in [4.69, 9.17) is 5.73 Å². The van der Waals surface area contributed by atoms with Crippen molar-refractivity contribution in [2.75, 3.05) is 26.4 Å². The van der Waals surface area contributed by atoms with Crippen LogP contribution in [-0.2, 0) is 6.54 Å². The zero-order chi connectivity index (χ0) is 10.6. The van der Waals surface area contributed by atoms with Crippen molar-refractivity contribution in [2.45, 2.75) is 13.0 Å². The maximum absolute atomic E-state index is 11.5. The van der Waals surface area contributed by atoms with Crippen molar-refractivity contribution in [1.82, 2.24) is 9.47 Å². The van der Waals surface area contributed by atoms with Gasteiger partial charge in [-0.05, 0) is 39.2 Å². The van der Waals surface area contributed by atoms with E-state index < -0.39 is 0 Å². The smallest absolute Gasteiger partial charge is 0.273 e. The van der Waals surface area contributed by atoms with Gasteiger partial charge in [0.25, 0.3) is 5.56 Å². The highest BCUT2D eigenvalue weighted by Gasteiger charge is 1.98. The Balaban J connectivity index is 2.59. The van der Waals surface area contributed by atoms with Gasteiger partial charge in [0.1, 0.15) is 0 Å². The molecule has 4 heteroatoms. The molecule has 78 valence electrons. The van der Waals surface area contributed by atoms with E-state index in [1.165, 1.54) is 0 Å². The number of hydrogen-bond donors (Lipinski definition) is 1. The summed E-state index contributed by atoms with van der Waals surface area (Å²) in [6.07, 6.45) is 2.73. The highest BCUT2D eigenvalue weighted by atomic mass is 16.1. The molecule has 2 N–H and O–H groups in total. The minimum Gasteiger partial charge on any atom is -0.394 e. The summed E-state index contributed by atoms with van der Waals surface area (Å²) in [4.78, 5) is 13.6. The van der Waals surface area contributed by atoms with Crippen LogP contribution in [0.15, 0.2) is 23.1 Å². The maximum atomic E-state index is 11.5. The first-order valence-corrected chi connectivity index (χ1v) is 4.71. The minimum atomic E-state index is -0.0914. The van der Waals surface area contributed by atoms with Crippen molar-refractivity contribution in [3.8, 4) is 0 Å². The summed E-state index contributed by atoms with van der Waals surface area (Å²) >= 11 is 0. The lowest BCUT2D eigenvalue weighted by Crippen LogP contribution is -2.24. The first kappa shape index (κ1) is 10.8. The molecule has 0 aliphatic carbocycles. The Bertz CT molecular complexity index is 343. The Morgan fingerprint density at radius 1 is 1.50 bits per heavy atom. The number of pyridine rings is 1. The Hall–Kier alpha value is -1.29. The molecule has 1 aromatic heterocycles. The van der Waals surface area contributed by atoms with Crippen molar-refractivity contribution < 1.29 is 0 Å². The van der Waals surface area contributed by atoms with Crippen molar-refractivity contribution in [2.24, 2.45) is 0 Å². The molecular weight excluding hydrogens is 178 g/mol. The third-order valence-electron chi connectivity index (χ3n) is 2.05. The molecule has 0 saturated heterocycles. The highest BCUT2D eigenvalue weighted by Crippen LogP contribution is 1.94. The summed E-state index contributed by atoms with van der Waals surface area (Å²) in [5.41, 5.74) is 5.73. The normalized spacial score (nSPS) is 10.8. The molecule has 4 nitrogen and oxygen atoms in total. The molecule has 0 aliphatic rings. The molecule has 1 aromatic rings. The summed E-state index contributed by atoms with van der Waals surface area (Å²) in [5, 5.41) is 0. The molecule has 1 heterocycles. The first-order valence-electron chi connectivity index (χ1n) is 4.71. The van der Waals surface area contributed by atoms with Gasteiger partial charge in [0.05, 0.1) is 5.69 Å². The Kier molecular flexibility index (Phi) is 3.71. The standard InChI is InChI=1S/C10H17N3O/c1-12(2)6-4-8-13-7-3-5-9(11)10(13)14/h3,5,7H,4,6,8,11H2,1-2H3. The number of hydrogen-bond acceptors (Lipinski definition) is 3. The predicted octanol–water partition coefficient (Wildman–Crippen LogP) is 0.382. The van der Waals surface area contributed by atoms with E-state index in [1.807, 2.05) is 14.1 Å². The molecule has 0 aliphatic heterocycles. The summed E-state index contributed by atoms with van der Waals surface area (Å²) in [6.45, 7) is 1.70. The van der Waals surface area contributed by atoms with Gasteiger partial charge in [0, 0.05) is 12.7 Å². The summed E-state index contributed by atoms with van der Waals surface area (Å²) in [5.74, 6) is 0. The Labute approximate surface area is 83.9 Å². The molecule has 1 rings (SSSR count). The Morgan fingerprint density at radius 3 is 2.86 bits per heavy atom. The molecule has 0 atom stereocenters. The number of aromatic nitrogens is 1. The molecule has 0 unspecified atom stereocenters. The fourth-order valence-electron chi connectivity index (χ4n) is 1.29. The zero-order valence-electron chi connectivity index (χ0n) is 8.73. The lowest BCUT2D eigenvalue weighted by molar-refractivity contribution is 0.385. The van der Waals surface area contributed by atoms with Gasteiger partial charge in [0.2, 0.25) is 0 Å². The first-order chi connectivity index (χ1) is 6.61. The zero-order valence-corrected chi connectivity index (χ0v) is 8.73. The summed E-state index contributed by atoms with van der Waals surface area (Å²) < 4.78 is 1.65. The molecule has 0 fully saturated rings. The monoisotopic (exact) mass is 195 g/mol. The number of rotatable bonds is 4. The van der Waals surface area contributed by atoms with Crippen LogP contribution in [0.25, 0.3) is 0 Å². The van der Waals surface area contributed by atoms with Crippen LogP contribution in [0.3, 0.4) is 0 Å². The van der Waals surface area contributed by atoms with Crippen LogP contribution in [0.5, 0.6) is 0 Å². The third-order valence-corrected chi connectivity index (χ3v) is 2.05. The molecule has 0 radical (unpaired) electrons. The topological polar surface area (TPSA) is 51.3 Å². The quantitative estimate of drug-likeness (QED) is 0.755. The van der Waals surface area contributed by atoms with Crippen molar-refractivity contribution >= 4 is 5.69 Å². The lowest BCUT2D eigenvalue weighted by Gasteiger charge is -2.10. The van der Waals surface area contributed by atoms with Gasteiger partial charge in [-0.15, -0.1) is 0 Å². The van der Waals surface area contributed by atoms with Gasteiger partial charge in [-0.1, -0.05) is 0 Å². The highest BCUT2D eigenvalue weighted by molar-refractivity contribution is 5.33. The molecular formula is C10H17N3O. The molecule has 0 amide bonds. The largest absolute Gasteiger partial charge is 0.394 e. The molecule has 0 aromatic carbocycles. The van der Waals surface area contributed by atoms with Crippen LogP contribution < -0.4 is 11.3 Å². The second kappa shape index (κ2) is 4.81. The molecule has 0 bridgehead atoms. The number of nitrogen functional groups attached to an aromatic ring is 1. The molecule has 0 saturated carbocycles. The third kappa shape index (κ3) is 2.88. The molecule has 0 spiro atoms. The average Bonchev–Trinajstić information content (AvgIpc) is 2.12. The van der Waals surface area contributed by atoms with Gasteiger partial charge >= 0.3 is 0 Å². The van der Waals surface area contributed by atoms with Crippen LogP contribution in [0.2, 0.25) is 0 Å². The van der Waals surface area contributed by atoms with E-state index >= 15 is 0 Å². The van der Waals surface area contributed by atoms with E-state index in [2.05, 4.69) is 4.90 Å². The lowest BCUT2D eigenvalue weighted by atomic mass is 10.3. The second-order valence-electron chi connectivity index (χ2n) is 3.62. The van der Waals surface area contributed by atoms with Gasteiger partial charge in [-0.2, -0.15) is 0 Å². The number of anilines is 1. The van der Waals surface area contributed by atoms with Gasteiger partial charge in [0.15, 0.2) is 0 Å². The Morgan fingerprint density at radius 2 is 2.21 bits per heavy atom. The van der Waals surface area contributed by atoms with Crippen molar-refractivity contribution in [1.29, 1.82) is 0 Å². The van der Waals surface area contributed by atoms with Crippen molar-refractivity contribution in [3.63, 3.8) is 0 Å². The van der Waals surface area contributed by atoms with Crippen molar-refractivity contribution in [3.05, 3.63) is 28.7 Å². The van der Waals surface area contributed by atoms with Gasteiger partial charge < -0.3 is 15.2 Å². The van der Waals surface area contributed by atoms with Crippen LogP contribution in [0.1, 0.15) is 6.42 Å². The van der Waals surface area contributed by atoms with E-state index in [0.717, 1.165) is 19.5 Å². The van der Waals surface area contributed by atoms with E-state index in [-0.39, 0.29) is 5.56 Å². The number of aryl methyl sites for hydroxylation is 1. The van der Waals surface area contributed by atoms with Crippen LogP contribution >= 0.6 is 0 Å². The molecule has 14 heavy (non-hydrogen) atoms. The van der Waals surface area contributed by atoms with E-state index in [0.29, 0.717) is 5.69 Å². The predicted molar refractivity (Wildman–Crippen MR) is 58.3 cm³/mol. The SMILES string of the molecule is CN(C)CCCn1cccc(N)c1=O. The van der Waals surface area contributed by atoms with Gasteiger partial charge in [-0.3, -0.25) is 4.79 Å². The average molecular weight is 195 g/mol. The minimum absolute atomic E-state index is 0.0914. The summed E-state index contributed by atoms with van der Waals surface area (Å²) in [7, 11) is 4.03. The maximum Gasteiger partial charge on any atom is 0.273 e. The van der Waals surface area contributed by atoms with E-state index in [9.17, 15) is 4.79 Å². The van der Waals surface area contributed by atoms with Crippen LogP contribution in [-0.4, -0.2) is 30.1 Å². The summed E-state index contributed by atoms with van der Waals surface area (Å²) in [6, 6.07) is 3.43. The fraction of sp³-hybridized carbons (Fsp3) is 0.500.